The molecule has 0 spiro atoms. The largest absolute Gasteiger partial charge is 0.490 e. The van der Waals surface area contributed by atoms with Crippen LogP contribution >= 0.6 is 0 Å². The second-order valence-corrected chi connectivity index (χ2v) is 4.38. The molecule has 0 saturated carbocycles. The van der Waals surface area contributed by atoms with Crippen molar-refractivity contribution in [1.82, 2.24) is 0 Å². The number of hydrogen-bond donors (Lipinski definition) is 2. The lowest BCUT2D eigenvalue weighted by Gasteiger charge is -2.17. The van der Waals surface area contributed by atoms with Crippen molar-refractivity contribution < 1.29 is 24.3 Å². The lowest BCUT2D eigenvalue weighted by Crippen LogP contribution is -2.33. The van der Waals surface area contributed by atoms with E-state index in [-0.39, 0.29) is 30.7 Å². The van der Waals surface area contributed by atoms with Crippen molar-refractivity contribution in [2.75, 3.05) is 25.6 Å². The highest BCUT2D eigenvalue weighted by Crippen LogP contribution is 2.30. The third-order valence-corrected chi connectivity index (χ3v) is 3.13. The van der Waals surface area contributed by atoms with Crippen molar-refractivity contribution in [3.63, 3.8) is 0 Å². The summed E-state index contributed by atoms with van der Waals surface area (Å²) in [7, 11) is 1.34. The molecule has 8 nitrogen and oxygen atoms in total. The second-order valence-electron chi connectivity index (χ2n) is 4.38. The van der Waals surface area contributed by atoms with E-state index in [1.54, 1.807) is 0 Å². The maximum Gasteiger partial charge on any atom is 0.311 e. The zero-order valence-electron chi connectivity index (χ0n) is 10.7. The number of methoxy groups -OCH3 is 1. The lowest BCUT2D eigenvalue weighted by molar-refractivity contribution is -0.385. The number of carboxylic acid groups (broad SMARTS) is 1. The summed E-state index contributed by atoms with van der Waals surface area (Å²) in [6.07, 6.45) is 0. The van der Waals surface area contributed by atoms with Crippen molar-refractivity contribution in [2.45, 2.75) is 6.04 Å². The van der Waals surface area contributed by atoms with Crippen molar-refractivity contribution in [2.24, 2.45) is 5.92 Å². The lowest BCUT2D eigenvalue weighted by atomic mass is 10.0. The number of carbonyl (C=O) groups is 1. The van der Waals surface area contributed by atoms with Crippen LogP contribution in [0.25, 0.3) is 0 Å². The maximum atomic E-state index is 11.0. The van der Waals surface area contributed by atoms with Gasteiger partial charge in [0.15, 0.2) is 5.75 Å². The Morgan fingerprint density at radius 2 is 2.30 bits per heavy atom. The Hall–Kier alpha value is -2.35. The average Bonchev–Trinajstić information content (AvgIpc) is 2.86. The van der Waals surface area contributed by atoms with Gasteiger partial charge in [0.2, 0.25) is 0 Å². The van der Waals surface area contributed by atoms with Crippen molar-refractivity contribution in [3.8, 4) is 5.75 Å². The zero-order chi connectivity index (χ0) is 14.7. The summed E-state index contributed by atoms with van der Waals surface area (Å²) < 4.78 is 10.1. The number of nitro groups is 1. The van der Waals surface area contributed by atoms with Crippen LogP contribution in [0.15, 0.2) is 18.2 Å². The molecule has 1 aliphatic rings. The summed E-state index contributed by atoms with van der Waals surface area (Å²) in [5.74, 6) is -1.46. The van der Waals surface area contributed by atoms with Gasteiger partial charge < -0.3 is 19.9 Å². The number of aliphatic carboxylic acids is 1. The molecular formula is C12H14N2O6. The molecule has 1 aromatic carbocycles. The van der Waals surface area contributed by atoms with Gasteiger partial charge in [-0.15, -0.1) is 0 Å². The third-order valence-electron chi connectivity index (χ3n) is 3.13. The highest BCUT2D eigenvalue weighted by atomic mass is 16.6. The fourth-order valence-electron chi connectivity index (χ4n) is 2.07. The number of hydrogen-bond acceptors (Lipinski definition) is 6. The molecule has 2 rings (SSSR count). The smallest absolute Gasteiger partial charge is 0.311 e. The van der Waals surface area contributed by atoms with Gasteiger partial charge in [0, 0.05) is 17.8 Å². The summed E-state index contributed by atoms with van der Waals surface area (Å²) in [6, 6.07) is 3.92. The molecule has 1 aromatic rings. The second kappa shape index (κ2) is 5.74. The number of rotatable bonds is 5. The van der Waals surface area contributed by atoms with E-state index < -0.39 is 16.8 Å². The molecule has 1 aliphatic heterocycles. The number of nitro benzene ring substituents is 1. The average molecular weight is 282 g/mol. The Kier molecular flexibility index (Phi) is 4.04. The van der Waals surface area contributed by atoms with Crippen LogP contribution < -0.4 is 10.1 Å². The number of anilines is 1. The quantitative estimate of drug-likeness (QED) is 0.614. The van der Waals surface area contributed by atoms with Gasteiger partial charge in [0.05, 0.1) is 31.3 Å². The minimum atomic E-state index is -0.936. The standard InChI is InChI=1S/C12H14N2O6/c1-19-11-4-7(2-3-10(11)14(17)18)13-9-6-20-5-8(9)12(15)16/h2-4,8-9,13H,5-6H2,1H3,(H,15,16). The summed E-state index contributed by atoms with van der Waals surface area (Å²) >= 11 is 0. The van der Waals surface area contributed by atoms with E-state index in [0.29, 0.717) is 5.69 Å². The minimum absolute atomic E-state index is 0.116. The normalized spacial score (nSPS) is 21.4. The van der Waals surface area contributed by atoms with Gasteiger partial charge in [-0.3, -0.25) is 14.9 Å². The molecule has 0 bridgehead atoms. The van der Waals surface area contributed by atoms with Crippen molar-refractivity contribution >= 4 is 17.3 Å². The molecule has 0 amide bonds. The van der Waals surface area contributed by atoms with Crippen molar-refractivity contribution in [1.29, 1.82) is 0 Å². The first-order valence-electron chi connectivity index (χ1n) is 5.92. The number of ether oxygens (including phenoxy) is 2. The van der Waals surface area contributed by atoms with E-state index in [1.165, 1.54) is 25.3 Å². The topological polar surface area (TPSA) is 111 Å². The van der Waals surface area contributed by atoms with Crippen LogP contribution in [-0.4, -0.2) is 42.4 Å². The first-order chi connectivity index (χ1) is 9.52. The van der Waals surface area contributed by atoms with Crippen LogP contribution in [0.4, 0.5) is 11.4 Å². The van der Waals surface area contributed by atoms with Crippen LogP contribution in [0.3, 0.4) is 0 Å². The maximum absolute atomic E-state index is 11.0. The van der Waals surface area contributed by atoms with Crippen LogP contribution in [-0.2, 0) is 9.53 Å². The summed E-state index contributed by atoms with van der Waals surface area (Å²) in [5, 5.41) is 22.8. The number of benzene rings is 1. The van der Waals surface area contributed by atoms with E-state index in [4.69, 9.17) is 14.6 Å². The summed E-state index contributed by atoms with van der Waals surface area (Å²) in [6.45, 7) is 0.424. The van der Waals surface area contributed by atoms with Gasteiger partial charge >= 0.3 is 11.7 Å². The minimum Gasteiger partial charge on any atom is -0.490 e. The molecule has 1 saturated heterocycles. The molecule has 0 aromatic heterocycles. The van der Waals surface area contributed by atoms with E-state index in [2.05, 4.69) is 5.32 Å². The molecule has 1 fully saturated rings. The Morgan fingerprint density at radius 1 is 1.55 bits per heavy atom. The Morgan fingerprint density at radius 3 is 2.90 bits per heavy atom. The number of nitrogens with zero attached hydrogens (tertiary/aromatic N) is 1. The highest BCUT2D eigenvalue weighted by Gasteiger charge is 2.34. The van der Waals surface area contributed by atoms with E-state index >= 15 is 0 Å². The molecule has 2 unspecified atom stereocenters. The van der Waals surface area contributed by atoms with Gasteiger partial charge in [0.25, 0.3) is 0 Å². The third kappa shape index (κ3) is 2.80. The summed E-state index contributed by atoms with van der Waals surface area (Å²) in [4.78, 5) is 21.3. The SMILES string of the molecule is COc1cc(NC2COCC2C(=O)O)ccc1[N+](=O)[O-]. The molecule has 20 heavy (non-hydrogen) atoms. The van der Waals surface area contributed by atoms with Crippen LogP contribution in [0, 0.1) is 16.0 Å². The van der Waals surface area contributed by atoms with E-state index in [9.17, 15) is 14.9 Å². The van der Waals surface area contributed by atoms with E-state index in [0.717, 1.165) is 0 Å². The number of carboxylic acids is 1. The molecule has 1 heterocycles. The molecule has 108 valence electrons. The molecular weight excluding hydrogens is 268 g/mol. The Balaban J connectivity index is 2.17. The van der Waals surface area contributed by atoms with E-state index in [1.807, 2.05) is 0 Å². The van der Waals surface area contributed by atoms with Gasteiger partial charge in [-0.05, 0) is 6.07 Å². The zero-order valence-corrected chi connectivity index (χ0v) is 10.7. The predicted molar refractivity (Wildman–Crippen MR) is 69.0 cm³/mol. The predicted octanol–water partition coefficient (Wildman–Crippen LogP) is 1.11. The Labute approximate surface area is 114 Å². The molecule has 0 aliphatic carbocycles. The first-order valence-corrected chi connectivity index (χ1v) is 5.92. The molecule has 8 heteroatoms. The molecule has 2 N–H and O–H groups in total. The van der Waals surface area contributed by atoms with Gasteiger partial charge in [0.1, 0.15) is 5.92 Å². The summed E-state index contributed by atoms with van der Waals surface area (Å²) in [5.41, 5.74) is 0.407. The monoisotopic (exact) mass is 282 g/mol. The van der Waals surface area contributed by atoms with Gasteiger partial charge in [-0.1, -0.05) is 0 Å². The Bertz CT molecular complexity index is 533. The van der Waals surface area contributed by atoms with Gasteiger partial charge in [-0.2, -0.15) is 0 Å². The van der Waals surface area contributed by atoms with Crippen molar-refractivity contribution in [3.05, 3.63) is 28.3 Å². The first kappa shape index (κ1) is 14.1. The van der Waals surface area contributed by atoms with Crippen LogP contribution in [0.2, 0.25) is 0 Å². The van der Waals surface area contributed by atoms with Crippen LogP contribution in [0.5, 0.6) is 5.75 Å². The highest BCUT2D eigenvalue weighted by molar-refractivity contribution is 5.72. The number of nitrogens with one attached hydrogen (secondary N) is 1. The molecule has 2 atom stereocenters. The van der Waals surface area contributed by atoms with Crippen LogP contribution in [0.1, 0.15) is 0 Å². The van der Waals surface area contributed by atoms with Gasteiger partial charge in [-0.25, -0.2) is 0 Å². The fourth-order valence-corrected chi connectivity index (χ4v) is 2.07. The molecule has 0 radical (unpaired) electrons. The fraction of sp³-hybridized carbons (Fsp3) is 0.417.